The van der Waals surface area contributed by atoms with Crippen LogP contribution >= 0.6 is 11.6 Å². The summed E-state index contributed by atoms with van der Waals surface area (Å²) in [5.74, 6) is 1.38. The number of benzene rings is 1. The molecule has 4 heteroatoms. The molecule has 2 aromatic rings. The molecule has 21 heavy (non-hydrogen) atoms. The molecule has 0 aliphatic rings. The number of halogens is 1. The van der Waals surface area contributed by atoms with Gasteiger partial charge in [0, 0.05) is 6.61 Å². The third kappa shape index (κ3) is 3.24. The minimum Gasteiger partial charge on any atom is -0.380 e. The van der Waals surface area contributed by atoms with E-state index in [1.54, 1.807) is 0 Å². The zero-order valence-corrected chi connectivity index (χ0v) is 14.3. The number of aromatic nitrogens is 2. The van der Waals surface area contributed by atoms with E-state index in [-0.39, 0.29) is 11.4 Å². The predicted octanol–water partition coefficient (Wildman–Crippen LogP) is 4.88. The molecule has 2 atom stereocenters. The van der Waals surface area contributed by atoms with Crippen molar-refractivity contribution in [2.75, 3.05) is 13.2 Å². The quantitative estimate of drug-likeness (QED) is 0.711. The number of imidazole rings is 1. The van der Waals surface area contributed by atoms with E-state index in [0.29, 0.717) is 12.5 Å². The van der Waals surface area contributed by atoms with Crippen LogP contribution in [0.5, 0.6) is 0 Å². The van der Waals surface area contributed by atoms with Gasteiger partial charge in [0.2, 0.25) is 0 Å². The van der Waals surface area contributed by atoms with Crippen LogP contribution < -0.4 is 0 Å². The van der Waals surface area contributed by atoms with Crippen molar-refractivity contribution in [3.05, 3.63) is 29.6 Å². The van der Waals surface area contributed by atoms with Crippen LogP contribution in [0, 0.1) is 12.8 Å². The van der Waals surface area contributed by atoms with Crippen molar-refractivity contribution in [3.8, 4) is 0 Å². The molecule has 0 aliphatic heterocycles. The predicted molar refractivity (Wildman–Crippen MR) is 89.1 cm³/mol. The first kappa shape index (κ1) is 16.3. The lowest BCUT2D eigenvalue weighted by atomic mass is 10.0. The van der Waals surface area contributed by atoms with Crippen LogP contribution in [-0.2, 0) is 4.74 Å². The maximum atomic E-state index is 6.39. The maximum Gasteiger partial charge on any atom is 0.128 e. The Morgan fingerprint density at radius 2 is 2.00 bits per heavy atom. The number of aryl methyl sites for hydroxylation is 1. The first-order chi connectivity index (χ1) is 9.97. The van der Waals surface area contributed by atoms with Gasteiger partial charge in [0.25, 0.3) is 0 Å². The Hall–Kier alpha value is -1.06. The average molecular weight is 309 g/mol. The SMILES string of the molecule is CCOCC(C(C)C)n1c(C(C)Cl)nc2c(C)cccc21. The summed E-state index contributed by atoms with van der Waals surface area (Å²) in [5.41, 5.74) is 3.38. The van der Waals surface area contributed by atoms with E-state index >= 15 is 0 Å². The zero-order chi connectivity index (χ0) is 15.6. The number of para-hydroxylation sites is 1. The van der Waals surface area contributed by atoms with Gasteiger partial charge in [-0.25, -0.2) is 4.98 Å². The Morgan fingerprint density at radius 1 is 1.29 bits per heavy atom. The van der Waals surface area contributed by atoms with E-state index in [4.69, 9.17) is 21.3 Å². The van der Waals surface area contributed by atoms with Crippen LogP contribution in [0.1, 0.15) is 50.5 Å². The van der Waals surface area contributed by atoms with E-state index in [0.717, 1.165) is 23.5 Å². The normalized spacial score (nSPS) is 14.8. The molecule has 1 aromatic heterocycles. The topological polar surface area (TPSA) is 27.1 Å². The van der Waals surface area contributed by atoms with Gasteiger partial charge in [-0.1, -0.05) is 26.0 Å². The van der Waals surface area contributed by atoms with Gasteiger partial charge in [-0.05, 0) is 38.3 Å². The van der Waals surface area contributed by atoms with E-state index in [2.05, 4.69) is 43.5 Å². The number of hydrogen-bond acceptors (Lipinski definition) is 2. The number of hydrogen-bond donors (Lipinski definition) is 0. The van der Waals surface area contributed by atoms with Crippen LogP contribution in [0.25, 0.3) is 11.0 Å². The van der Waals surface area contributed by atoms with Crippen LogP contribution in [0.3, 0.4) is 0 Å². The number of rotatable bonds is 6. The van der Waals surface area contributed by atoms with E-state index < -0.39 is 0 Å². The molecule has 116 valence electrons. The lowest BCUT2D eigenvalue weighted by Gasteiger charge is -2.25. The molecule has 0 fully saturated rings. The van der Waals surface area contributed by atoms with Gasteiger partial charge in [0.1, 0.15) is 5.82 Å². The van der Waals surface area contributed by atoms with Crippen molar-refractivity contribution in [2.24, 2.45) is 5.92 Å². The molecule has 2 rings (SSSR count). The zero-order valence-electron chi connectivity index (χ0n) is 13.6. The molecule has 0 saturated carbocycles. The number of fused-ring (bicyclic) bond motifs is 1. The molecular formula is C17H25ClN2O. The largest absolute Gasteiger partial charge is 0.380 e. The van der Waals surface area contributed by atoms with Crippen LogP contribution in [0.2, 0.25) is 0 Å². The maximum absolute atomic E-state index is 6.39. The molecule has 1 aromatic carbocycles. The number of alkyl halides is 1. The van der Waals surface area contributed by atoms with Gasteiger partial charge in [-0.2, -0.15) is 0 Å². The van der Waals surface area contributed by atoms with Gasteiger partial charge >= 0.3 is 0 Å². The standard InChI is InChI=1S/C17H25ClN2O/c1-6-21-10-15(11(2)3)20-14-9-7-8-12(4)16(14)19-17(20)13(5)18/h7-9,11,13,15H,6,10H2,1-5H3. The summed E-state index contributed by atoms with van der Waals surface area (Å²) in [5, 5.41) is -0.125. The molecule has 0 bridgehead atoms. The van der Waals surface area contributed by atoms with Gasteiger partial charge in [0.05, 0.1) is 29.1 Å². The van der Waals surface area contributed by atoms with Crippen molar-refractivity contribution in [1.29, 1.82) is 0 Å². The monoisotopic (exact) mass is 308 g/mol. The highest BCUT2D eigenvalue weighted by Crippen LogP contribution is 2.32. The Morgan fingerprint density at radius 3 is 2.57 bits per heavy atom. The third-order valence-corrected chi connectivity index (χ3v) is 4.09. The van der Waals surface area contributed by atoms with Crippen molar-refractivity contribution in [2.45, 2.75) is 46.0 Å². The highest BCUT2D eigenvalue weighted by atomic mass is 35.5. The summed E-state index contributed by atoms with van der Waals surface area (Å²) in [6.45, 7) is 11.9. The fourth-order valence-corrected chi connectivity index (χ4v) is 2.86. The average Bonchev–Trinajstić information content (AvgIpc) is 2.80. The second-order valence-electron chi connectivity index (χ2n) is 5.87. The summed E-state index contributed by atoms with van der Waals surface area (Å²) in [6, 6.07) is 6.54. The summed E-state index contributed by atoms with van der Waals surface area (Å²) in [6.07, 6.45) is 0. The van der Waals surface area contributed by atoms with Crippen LogP contribution in [0.15, 0.2) is 18.2 Å². The Labute approximate surface area is 132 Å². The van der Waals surface area contributed by atoms with Crippen molar-refractivity contribution >= 4 is 22.6 Å². The molecule has 0 saturated heterocycles. The van der Waals surface area contributed by atoms with Crippen LogP contribution in [0.4, 0.5) is 0 Å². The van der Waals surface area contributed by atoms with E-state index in [9.17, 15) is 0 Å². The Kier molecular flexibility index (Phi) is 5.28. The molecule has 3 nitrogen and oxygen atoms in total. The molecule has 1 heterocycles. The van der Waals surface area contributed by atoms with E-state index in [1.165, 1.54) is 5.56 Å². The number of ether oxygens (including phenoxy) is 1. The minimum absolute atomic E-state index is 0.125. The molecule has 0 N–H and O–H groups in total. The van der Waals surface area contributed by atoms with Gasteiger partial charge in [0.15, 0.2) is 0 Å². The van der Waals surface area contributed by atoms with Gasteiger partial charge in [-0.3, -0.25) is 0 Å². The van der Waals surface area contributed by atoms with Crippen LogP contribution in [-0.4, -0.2) is 22.8 Å². The van der Waals surface area contributed by atoms with Crippen molar-refractivity contribution in [3.63, 3.8) is 0 Å². The number of nitrogens with zero attached hydrogens (tertiary/aromatic N) is 2. The second kappa shape index (κ2) is 6.80. The van der Waals surface area contributed by atoms with Crippen molar-refractivity contribution in [1.82, 2.24) is 9.55 Å². The van der Waals surface area contributed by atoms with Gasteiger partial charge < -0.3 is 9.30 Å². The molecule has 0 aliphatic carbocycles. The Bertz CT molecular complexity index is 604. The lowest BCUT2D eigenvalue weighted by molar-refractivity contribution is 0.0968. The molecule has 0 amide bonds. The fourth-order valence-electron chi connectivity index (χ4n) is 2.71. The first-order valence-corrected chi connectivity index (χ1v) is 8.10. The molecule has 0 spiro atoms. The fraction of sp³-hybridized carbons (Fsp3) is 0.588. The highest BCUT2D eigenvalue weighted by Gasteiger charge is 2.24. The third-order valence-electron chi connectivity index (χ3n) is 3.90. The summed E-state index contributed by atoms with van der Waals surface area (Å²) < 4.78 is 7.98. The van der Waals surface area contributed by atoms with E-state index in [1.807, 2.05) is 13.8 Å². The summed E-state index contributed by atoms with van der Waals surface area (Å²) in [4.78, 5) is 4.80. The highest BCUT2D eigenvalue weighted by molar-refractivity contribution is 6.20. The first-order valence-electron chi connectivity index (χ1n) is 7.66. The summed E-state index contributed by atoms with van der Waals surface area (Å²) in [7, 11) is 0. The molecule has 0 radical (unpaired) electrons. The molecular weight excluding hydrogens is 284 g/mol. The molecule has 2 unspecified atom stereocenters. The second-order valence-corrected chi connectivity index (χ2v) is 6.52. The van der Waals surface area contributed by atoms with Gasteiger partial charge in [-0.15, -0.1) is 11.6 Å². The minimum atomic E-state index is -0.125. The Balaban J connectivity index is 2.63. The van der Waals surface area contributed by atoms with Crippen molar-refractivity contribution < 1.29 is 4.74 Å². The lowest BCUT2D eigenvalue weighted by Crippen LogP contribution is -2.23. The smallest absolute Gasteiger partial charge is 0.128 e. The summed E-state index contributed by atoms with van der Waals surface area (Å²) >= 11 is 6.39.